The van der Waals surface area contributed by atoms with Crippen LogP contribution in [-0.4, -0.2) is 39.8 Å². The summed E-state index contributed by atoms with van der Waals surface area (Å²) in [7, 11) is -3.48. The van der Waals surface area contributed by atoms with Crippen LogP contribution in [0.25, 0.3) is 0 Å². The number of ether oxygens (including phenoxy) is 1. The number of rotatable bonds is 9. The number of anilines is 1. The highest BCUT2D eigenvalue weighted by atomic mass is 32.2. The van der Waals surface area contributed by atoms with E-state index >= 15 is 0 Å². The van der Waals surface area contributed by atoms with Gasteiger partial charge in [0.05, 0.1) is 18.0 Å². The second-order valence-electron chi connectivity index (χ2n) is 6.50. The fraction of sp³-hybridized carbons (Fsp3) is 0.350. The molecule has 0 aromatic heterocycles. The Morgan fingerprint density at radius 3 is 2.71 bits per heavy atom. The molecule has 0 aliphatic carbocycles. The third kappa shape index (κ3) is 5.01. The number of carbonyl (C=O) groups excluding carboxylic acids is 1. The molecule has 1 N–H and O–H groups in total. The Morgan fingerprint density at radius 2 is 1.89 bits per heavy atom. The maximum atomic E-state index is 13.4. The van der Waals surface area contributed by atoms with Crippen molar-refractivity contribution in [3.63, 3.8) is 0 Å². The Labute approximate surface area is 164 Å². The maximum Gasteiger partial charge on any atom is 0.236 e. The number of carbonyl (C=O) groups is 1. The number of fused-ring (bicyclic) bond motifs is 1. The Balaban J connectivity index is 1.38. The fourth-order valence-corrected chi connectivity index (χ4v) is 4.52. The van der Waals surface area contributed by atoms with Crippen LogP contribution in [0.1, 0.15) is 18.4 Å². The number of sulfonamides is 1. The molecule has 1 aliphatic heterocycles. The lowest BCUT2D eigenvalue weighted by atomic mass is 10.2. The molecule has 0 saturated carbocycles. The Bertz CT molecular complexity index is 933. The van der Waals surface area contributed by atoms with E-state index in [-0.39, 0.29) is 37.0 Å². The molecule has 2 aromatic carbocycles. The van der Waals surface area contributed by atoms with Crippen molar-refractivity contribution in [2.24, 2.45) is 0 Å². The standard InChI is InChI=1S/C20H23FN2O4S/c21-17-7-2-4-9-19(17)27-14-5-10-20(24)22-12-15-28(25,26)23-13-11-16-6-1-3-8-18(16)23/h1-4,6-9H,5,10-15H2,(H,22,24). The SMILES string of the molecule is O=C(CCCOc1ccccc1F)NCCS(=O)(=O)N1CCc2ccccc21. The second-order valence-corrected chi connectivity index (χ2v) is 8.51. The van der Waals surface area contributed by atoms with Gasteiger partial charge in [0.1, 0.15) is 0 Å². The fourth-order valence-electron chi connectivity index (χ4n) is 3.09. The van der Waals surface area contributed by atoms with E-state index in [1.165, 1.54) is 16.4 Å². The highest BCUT2D eigenvalue weighted by Gasteiger charge is 2.28. The highest BCUT2D eigenvalue weighted by molar-refractivity contribution is 7.92. The van der Waals surface area contributed by atoms with Gasteiger partial charge in [-0.25, -0.2) is 12.8 Å². The van der Waals surface area contributed by atoms with Crippen molar-refractivity contribution in [1.29, 1.82) is 0 Å². The zero-order chi connectivity index (χ0) is 20.0. The lowest BCUT2D eigenvalue weighted by molar-refractivity contribution is -0.121. The molecule has 0 atom stereocenters. The van der Waals surface area contributed by atoms with Crippen LogP contribution in [-0.2, 0) is 21.2 Å². The molecule has 2 aromatic rings. The first-order valence-electron chi connectivity index (χ1n) is 9.20. The summed E-state index contributed by atoms with van der Waals surface area (Å²) < 4.78 is 45.2. The van der Waals surface area contributed by atoms with Gasteiger partial charge in [-0.15, -0.1) is 0 Å². The number of hydrogen-bond donors (Lipinski definition) is 1. The quantitative estimate of drug-likeness (QED) is 0.649. The first-order chi connectivity index (χ1) is 13.5. The molecule has 0 unspecified atom stereocenters. The summed E-state index contributed by atoms with van der Waals surface area (Å²) >= 11 is 0. The highest BCUT2D eigenvalue weighted by Crippen LogP contribution is 2.29. The second kappa shape index (κ2) is 9.05. The zero-order valence-corrected chi connectivity index (χ0v) is 16.3. The normalized spacial score (nSPS) is 13.2. The van der Waals surface area contributed by atoms with Crippen LogP contribution in [0, 0.1) is 5.82 Å². The van der Waals surface area contributed by atoms with Crippen molar-refractivity contribution < 1.29 is 22.3 Å². The zero-order valence-electron chi connectivity index (χ0n) is 15.4. The lowest BCUT2D eigenvalue weighted by Crippen LogP contribution is -2.37. The topological polar surface area (TPSA) is 75.7 Å². The lowest BCUT2D eigenvalue weighted by Gasteiger charge is -2.19. The molecule has 6 nitrogen and oxygen atoms in total. The molecule has 0 fully saturated rings. The van der Waals surface area contributed by atoms with Crippen molar-refractivity contribution >= 4 is 21.6 Å². The van der Waals surface area contributed by atoms with E-state index in [9.17, 15) is 17.6 Å². The number of nitrogens with zero attached hydrogens (tertiary/aromatic N) is 1. The van der Waals surface area contributed by atoms with Crippen molar-refractivity contribution in [1.82, 2.24) is 5.32 Å². The minimum atomic E-state index is -3.48. The smallest absolute Gasteiger partial charge is 0.236 e. The summed E-state index contributed by atoms with van der Waals surface area (Å²) in [6.07, 6.45) is 1.29. The Kier molecular flexibility index (Phi) is 6.51. The molecule has 1 aliphatic rings. The van der Waals surface area contributed by atoms with Gasteiger partial charge in [-0.2, -0.15) is 0 Å². The molecule has 8 heteroatoms. The molecule has 28 heavy (non-hydrogen) atoms. The van der Waals surface area contributed by atoms with Gasteiger partial charge in [-0.1, -0.05) is 30.3 Å². The molecular formula is C20H23FN2O4S. The number of amides is 1. The van der Waals surface area contributed by atoms with Crippen molar-refractivity contribution in [2.75, 3.05) is 29.8 Å². The first kappa shape index (κ1) is 20.1. The number of nitrogens with one attached hydrogen (secondary N) is 1. The summed E-state index contributed by atoms with van der Waals surface area (Å²) in [6.45, 7) is 0.689. The number of para-hydroxylation sites is 2. The van der Waals surface area contributed by atoms with Crippen LogP contribution in [0.15, 0.2) is 48.5 Å². The minimum absolute atomic E-state index is 0.0496. The molecular weight excluding hydrogens is 383 g/mol. The summed E-state index contributed by atoms with van der Waals surface area (Å²) in [5, 5.41) is 2.62. The van der Waals surface area contributed by atoms with Gasteiger partial charge < -0.3 is 10.1 Å². The van der Waals surface area contributed by atoms with E-state index in [1.54, 1.807) is 18.2 Å². The van der Waals surface area contributed by atoms with Gasteiger partial charge in [0.15, 0.2) is 11.6 Å². The van der Waals surface area contributed by atoms with E-state index in [1.807, 2.05) is 18.2 Å². The number of hydrogen-bond acceptors (Lipinski definition) is 4. The number of halogens is 1. The van der Waals surface area contributed by atoms with Crippen LogP contribution in [0.3, 0.4) is 0 Å². The van der Waals surface area contributed by atoms with Gasteiger partial charge in [-0.05, 0) is 36.6 Å². The van der Waals surface area contributed by atoms with Crippen LogP contribution < -0.4 is 14.4 Å². The van der Waals surface area contributed by atoms with Crippen LogP contribution in [0.5, 0.6) is 5.75 Å². The van der Waals surface area contributed by atoms with Gasteiger partial charge in [0.2, 0.25) is 15.9 Å². The van der Waals surface area contributed by atoms with Crippen molar-refractivity contribution in [3.05, 3.63) is 59.9 Å². The third-order valence-electron chi connectivity index (χ3n) is 4.50. The molecule has 0 radical (unpaired) electrons. The first-order valence-corrected chi connectivity index (χ1v) is 10.8. The van der Waals surface area contributed by atoms with Crippen molar-refractivity contribution in [3.8, 4) is 5.75 Å². The molecule has 0 spiro atoms. The average molecular weight is 406 g/mol. The predicted octanol–water partition coefficient (Wildman–Crippen LogP) is 2.49. The predicted molar refractivity (Wildman–Crippen MR) is 105 cm³/mol. The van der Waals surface area contributed by atoms with Crippen LogP contribution in [0.2, 0.25) is 0 Å². The largest absolute Gasteiger partial charge is 0.491 e. The molecule has 150 valence electrons. The molecule has 3 rings (SSSR count). The molecule has 1 heterocycles. The summed E-state index contributed by atoms with van der Waals surface area (Å²) in [5.41, 5.74) is 1.74. The van der Waals surface area contributed by atoms with E-state index in [4.69, 9.17) is 4.74 Å². The average Bonchev–Trinajstić information content (AvgIpc) is 3.11. The molecule has 0 bridgehead atoms. The maximum absolute atomic E-state index is 13.4. The van der Waals surface area contributed by atoms with E-state index < -0.39 is 15.8 Å². The van der Waals surface area contributed by atoms with Crippen molar-refractivity contribution in [2.45, 2.75) is 19.3 Å². The van der Waals surface area contributed by atoms with Crippen LogP contribution in [0.4, 0.5) is 10.1 Å². The van der Waals surface area contributed by atoms with E-state index in [2.05, 4.69) is 5.32 Å². The third-order valence-corrected chi connectivity index (χ3v) is 6.28. The summed E-state index contributed by atoms with van der Waals surface area (Å²) in [5.74, 6) is -0.701. The van der Waals surface area contributed by atoms with E-state index in [0.29, 0.717) is 19.4 Å². The van der Waals surface area contributed by atoms with Gasteiger partial charge in [-0.3, -0.25) is 9.10 Å². The van der Waals surface area contributed by atoms with Gasteiger partial charge in [0.25, 0.3) is 0 Å². The monoisotopic (exact) mass is 406 g/mol. The number of benzene rings is 2. The summed E-state index contributed by atoms with van der Waals surface area (Å²) in [6, 6.07) is 13.5. The van der Waals surface area contributed by atoms with Crippen LogP contribution >= 0.6 is 0 Å². The molecule has 1 amide bonds. The summed E-state index contributed by atoms with van der Waals surface area (Å²) in [4.78, 5) is 11.9. The van der Waals surface area contributed by atoms with Gasteiger partial charge >= 0.3 is 0 Å². The van der Waals surface area contributed by atoms with E-state index in [0.717, 1.165) is 11.3 Å². The molecule has 0 saturated heterocycles. The Morgan fingerprint density at radius 1 is 1.14 bits per heavy atom. The van der Waals surface area contributed by atoms with Gasteiger partial charge in [0, 0.05) is 19.5 Å². The minimum Gasteiger partial charge on any atom is -0.491 e. The Hall–Kier alpha value is -2.61.